The number of Topliss-reactive ketones (excluding diaryl/α,β-unsaturated/α-hetero) is 1. The van der Waals surface area contributed by atoms with Crippen molar-refractivity contribution in [2.24, 2.45) is 10.9 Å². The summed E-state index contributed by atoms with van der Waals surface area (Å²) in [5.74, 6) is 1.32. The Balaban J connectivity index is 1.76. The van der Waals surface area contributed by atoms with Gasteiger partial charge in [0.05, 0.1) is 43.9 Å². The Morgan fingerprint density at radius 1 is 0.806 bits per heavy atom. The Bertz CT molecular complexity index is 1220. The number of fused-ring (bicyclic) bond motifs is 4. The number of benzene rings is 3. The maximum absolute atomic E-state index is 13.6. The molecule has 156 valence electrons. The molecule has 0 radical (unpaired) electrons. The van der Waals surface area contributed by atoms with Gasteiger partial charge < -0.3 is 14.2 Å². The van der Waals surface area contributed by atoms with Crippen molar-refractivity contribution in [3.63, 3.8) is 0 Å². The van der Waals surface area contributed by atoms with E-state index in [1.165, 1.54) is 0 Å². The molecular formula is C25H21NO4S. The van der Waals surface area contributed by atoms with Crippen LogP contribution in [0.15, 0.2) is 70.6 Å². The van der Waals surface area contributed by atoms with Gasteiger partial charge in [0.1, 0.15) is 0 Å². The number of methoxy groups -OCH3 is 3. The van der Waals surface area contributed by atoms with Gasteiger partial charge in [-0.25, -0.2) is 0 Å². The molecule has 31 heavy (non-hydrogen) atoms. The highest BCUT2D eigenvalue weighted by Gasteiger charge is 2.45. The van der Waals surface area contributed by atoms with Gasteiger partial charge in [-0.2, -0.15) is 0 Å². The summed E-state index contributed by atoms with van der Waals surface area (Å²) in [7, 11) is 4.79. The van der Waals surface area contributed by atoms with E-state index in [9.17, 15) is 4.79 Å². The maximum Gasteiger partial charge on any atom is 0.203 e. The number of nitrogens with zero attached hydrogens (tertiary/aromatic N) is 1. The van der Waals surface area contributed by atoms with E-state index >= 15 is 0 Å². The second kappa shape index (κ2) is 7.78. The number of ether oxygens (including phenoxy) is 3. The molecule has 0 bridgehead atoms. The van der Waals surface area contributed by atoms with Crippen LogP contribution in [-0.2, 0) is 0 Å². The molecule has 2 atom stereocenters. The summed E-state index contributed by atoms with van der Waals surface area (Å²) < 4.78 is 16.9. The molecule has 1 aliphatic carbocycles. The molecule has 2 unspecified atom stereocenters. The van der Waals surface area contributed by atoms with Gasteiger partial charge in [-0.1, -0.05) is 42.5 Å². The van der Waals surface area contributed by atoms with Gasteiger partial charge in [0, 0.05) is 21.6 Å². The van der Waals surface area contributed by atoms with E-state index in [1.807, 2.05) is 60.7 Å². The third-order valence-corrected chi connectivity index (χ3v) is 7.13. The molecule has 1 aliphatic heterocycles. The molecule has 3 aromatic carbocycles. The first-order valence-electron chi connectivity index (χ1n) is 9.94. The van der Waals surface area contributed by atoms with Crippen LogP contribution in [-0.4, -0.2) is 32.8 Å². The zero-order valence-electron chi connectivity index (χ0n) is 17.4. The van der Waals surface area contributed by atoms with E-state index in [1.54, 1.807) is 33.1 Å². The fourth-order valence-electron chi connectivity index (χ4n) is 4.37. The number of carbonyl (C=O) groups is 1. The van der Waals surface area contributed by atoms with Gasteiger partial charge in [-0.05, 0) is 18.2 Å². The molecular weight excluding hydrogens is 410 g/mol. The molecule has 5 nitrogen and oxygen atoms in total. The molecule has 0 spiro atoms. The minimum absolute atomic E-state index is 0.0801. The molecule has 0 fully saturated rings. The summed E-state index contributed by atoms with van der Waals surface area (Å²) in [4.78, 5) is 19.6. The van der Waals surface area contributed by atoms with Gasteiger partial charge in [-0.15, -0.1) is 11.8 Å². The van der Waals surface area contributed by atoms with E-state index in [2.05, 4.69) is 0 Å². The van der Waals surface area contributed by atoms with Crippen molar-refractivity contribution in [3.05, 3.63) is 77.4 Å². The van der Waals surface area contributed by atoms with Crippen LogP contribution in [0.1, 0.15) is 26.7 Å². The van der Waals surface area contributed by atoms with Crippen LogP contribution in [0.3, 0.4) is 0 Å². The van der Waals surface area contributed by atoms with E-state index < -0.39 is 5.92 Å². The summed E-state index contributed by atoms with van der Waals surface area (Å²) in [6, 6.07) is 19.5. The number of carbonyl (C=O) groups excluding carboxylic acids is 1. The van der Waals surface area contributed by atoms with Crippen LogP contribution in [0, 0.1) is 5.92 Å². The number of hydrogen-bond donors (Lipinski definition) is 0. The normalized spacial score (nSPS) is 18.9. The zero-order chi connectivity index (χ0) is 21.5. The van der Waals surface area contributed by atoms with Crippen molar-refractivity contribution in [2.45, 2.75) is 10.1 Å². The average Bonchev–Trinajstić information content (AvgIpc) is 2.97. The first-order valence-corrected chi connectivity index (χ1v) is 10.8. The first-order chi connectivity index (χ1) is 15.2. The molecule has 5 rings (SSSR count). The highest BCUT2D eigenvalue weighted by atomic mass is 32.2. The fourth-order valence-corrected chi connectivity index (χ4v) is 5.73. The summed E-state index contributed by atoms with van der Waals surface area (Å²) in [5, 5.41) is -0.239. The monoisotopic (exact) mass is 431 g/mol. The van der Waals surface area contributed by atoms with Gasteiger partial charge in [0.15, 0.2) is 17.3 Å². The summed E-state index contributed by atoms with van der Waals surface area (Å²) in [6.45, 7) is 0. The Hall–Kier alpha value is -3.25. The molecule has 0 aromatic heterocycles. The molecule has 0 saturated carbocycles. The number of aliphatic imine (C=N–C) groups is 1. The van der Waals surface area contributed by atoms with Crippen LogP contribution in [0.4, 0.5) is 5.69 Å². The summed E-state index contributed by atoms with van der Waals surface area (Å²) >= 11 is 1.63. The molecule has 0 N–H and O–H groups in total. The minimum atomic E-state index is -0.429. The van der Waals surface area contributed by atoms with Crippen molar-refractivity contribution >= 4 is 28.9 Å². The Labute approximate surface area is 185 Å². The van der Waals surface area contributed by atoms with Crippen molar-refractivity contribution < 1.29 is 19.0 Å². The smallest absolute Gasteiger partial charge is 0.203 e. The largest absolute Gasteiger partial charge is 0.493 e. The van der Waals surface area contributed by atoms with E-state index in [4.69, 9.17) is 19.2 Å². The van der Waals surface area contributed by atoms with Crippen LogP contribution in [0.25, 0.3) is 0 Å². The minimum Gasteiger partial charge on any atom is -0.493 e. The third kappa shape index (κ3) is 3.01. The quantitative estimate of drug-likeness (QED) is 0.547. The topological polar surface area (TPSA) is 57.1 Å². The van der Waals surface area contributed by atoms with Crippen LogP contribution in [0.5, 0.6) is 17.2 Å². The molecule has 0 amide bonds. The summed E-state index contributed by atoms with van der Waals surface area (Å²) in [5.41, 5.74) is 4.18. The van der Waals surface area contributed by atoms with Crippen molar-refractivity contribution in [3.8, 4) is 17.2 Å². The zero-order valence-corrected chi connectivity index (χ0v) is 18.2. The summed E-state index contributed by atoms with van der Waals surface area (Å²) in [6.07, 6.45) is 0. The number of rotatable bonds is 4. The van der Waals surface area contributed by atoms with Crippen molar-refractivity contribution in [2.75, 3.05) is 21.3 Å². The maximum atomic E-state index is 13.6. The van der Waals surface area contributed by atoms with Crippen LogP contribution >= 0.6 is 11.8 Å². The lowest BCUT2D eigenvalue weighted by atomic mass is 9.92. The van der Waals surface area contributed by atoms with Crippen molar-refractivity contribution in [1.82, 2.24) is 0 Å². The van der Waals surface area contributed by atoms with Crippen molar-refractivity contribution in [1.29, 1.82) is 0 Å². The lowest BCUT2D eigenvalue weighted by Crippen LogP contribution is -2.22. The van der Waals surface area contributed by atoms with E-state index in [0.717, 1.165) is 33.0 Å². The van der Waals surface area contributed by atoms with Gasteiger partial charge in [0.25, 0.3) is 0 Å². The predicted octanol–water partition coefficient (Wildman–Crippen LogP) is 5.49. The number of ketones is 1. The highest BCUT2D eigenvalue weighted by Crippen LogP contribution is 2.55. The Morgan fingerprint density at radius 2 is 1.52 bits per heavy atom. The van der Waals surface area contributed by atoms with Gasteiger partial charge in [-0.3, -0.25) is 9.79 Å². The van der Waals surface area contributed by atoms with Gasteiger partial charge in [0.2, 0.25) is 5.75 Å². The van der Waals surface area contributed by atoms with Gasteiger partial charge >= 0.3 is 0 Å². The van der Waals surface area contributed by atoms with E-state index in [0.29, 0.717) is 17.2 Å². The molecule has 3 aromatic rings. The molecule has 2 aliphatic rings. The second-order valence-corrected chi connectivity index (χ2v) is 8.50. The first kappa shape index (κ1) is 19.7. The molecule has 6 heteroatoms. The average molecular weight is 432 g/mol. The SMILES string of the molecule is COc1ccc(C2Sc3ccccc3N=C3c4ccccc4C(=O)C32)c(OC)c1OC. The third-order valence-electron chi connectivity index (χ3n) is 5.75. The Morgan fingerprint density at radius 3 is 2.26 bits per heavy atom. The number of para-hydroxylation sites is 1. The Kier molecular flexibility index (Phi) is 4.94. The molecule has 1 heterocycles. The molecule has 0 saturated heterocycles. The lowest BCUT2D eigenvalue weighted by molar-refractivity contribution is 0.0960. The number of hydrogen-bond acceptors (Lipinski definition) is 6. The standard InChI is InChI=1S/C25H21NO4S/c1-28-18-13-12-16(23(29-2)24(18)30-3)25-20-21(14-8-4-5-9-15(14)22(20)27)26-17-10-6-7-11-19(17)31-25/h4-13,20,25H,1-3H3. The van der Waals surface area contributed by atoms with E-state index in [-0.39, 0.29) is 11.0 Å². The second-order valence-electron chi connectivity index (χ2n) is 7.31. The van der Waals surface area contributed by atoms with Crippen LogP contribution < -0.4 is 14.2 Å². The van der Waals surface area contributed by atoms with Crippen LogP contribution in [0.2, 0.25) is 0 Å². The number of thioether (sulfide) groups is 1. The highest BCUT2D eigenvalue weighted by molar-refractivity contribution is 7.99. The lowest BCUT2D eigenvalue weighted by Gasteiger charge is -2.25. The fraction of sp³-hybridized carbons (Fsp3) is 0.200. The predicted molar refractivity (Wildman–Crippen MR) is 122 cm³/mol.